The highest BCUT2D eigenvalue weighted by Gasteiger charge is 2.16. The van der Waals surface area contributed by atoms with Crippen LogP contribution >= 0.6 is 0 Å². The monoisotopic (exact) mass is 250 g/mol. The fourth-order valence-corrected chi connectivity index (χ4v) is 1.82. The summed E-state index contributed by atoms with van der Waals surface area (Å²) in [5, 5.41) is 9.04. The van der Waals surface area contributed by atoms with E-state index in [9.17, 15) is 4.79 Å². The van der Waals surface area contributed by atoms with Gasteiger partial charge in [0, 0.05) is 24.3 Å². The quantitative estimate of drug-likeness (QED) is 0.757. The second-order valence-electron chi connectivity index (χ2n) is 4.44. The molecular weight excluding hydrogens is 228 g/mol. The van der Waals surface area contributed by atoms with Crippen LogP contribution < -0.4 is 5.73 Å². The third-order valence-electron chi connectivity index (χ3n) is 2.93. The van der Waals surface area contributed by atoms with E-state index < -0.39 is 0 Å². The normalized spacial score (nSPS) is 10.4. The van der Waals surface area contributed by atoms with Crippen molar-refractivity contribution in [2.24, 2.45) is 0 Å². The molecule has 0 bridgehead atoms. The molecule has 0 unspecified atom stereocenters. The summed E-state index contributed by atoms with van der Waals surface area (Å²) >= 11 is 0. The molecule has 0 heterocycles. The Balaban J connectivity index is 2.90. The molecule has 1 amide bonds. The molecule has 1 rings (SSSR count). The highest BCUT2D eigenvalue weighted by Crippen LogP contribution is 2.15. The van der Waals surface area contributed by atoms with Gasteiger partial charge in [0.25, 0.3) is 5.91 Å². The van der Waals surface area contributed by atoms with Gasteiger partial charge in [-0.3, -0.25) is 4.79 Å². The minimum atomic E-state index is -0.0534. The van der Waals surface area contributed by atoms with Crippen molar-refractivity contribution in [3.05, 3.63) is 29.3 Å². The molecule has 0 radical (unpaired) electrons. The van der Waals surface area contributed by atoms with Crippen LogP contribution in [0.2, 0.25) is 0 Å². The zero-order valence-corrected chi connectivity index (χ0v) is 11.1. The number of aryl methyl sites for hydroxylation is 1. The van der Waals surface area contributed by atoms with Crippen molar-refractivity contribution >= 4 is 11.6 Å². The van der Waals surface area contributed by atoms with Gasteiger partial charge in [-0.2, -0.15) is 0 Å². The number of anilines is 1. The molecule has 0 fully saturated rings. The van der Waals surface area contributed by atoms with Crippen LogP contribution in [0.3, 0.4) is 0 Å². The number of hydrogen-bond acceptors (Lipinski definition) is 3. The Hall–Kier alpha value is -1.55. The molecule has 1 aromatic rings. The van der Waals surface area contributed by atoms with E-state index in [4.69, 9.17) is 10.8 Å². The molecule has 0 saturated carbocycles. The summed E-state index contributed by atoms with van der Waals surface area (Å²) in [7, 11) is 0. The number of unbranched alkanes of at least 4 members (excludes halogenated alkanes) is 1. The van der Waals surface area contributed by atoms with E-state index in [0.29, 0.717) is 24.3 Å². The van der Waals surface area contributed by atoms with Gasteiger partial charge in [0.05, 0.1) is 6.61 Å². The molecule has 4 heteroatoms. The summed E-state index contributed by atoms with van der Waals surface area (Å²) in [6, 6.07) is 5.34. The summed E-state index contributed by atoms with van der Waals surface area (Å²) < 4.78 is 0. The number of amides is 1. The zero-order chi connectivity index (χ0) is 13.5. The predicted octanol–water partition coefficient (Wildman–Crippen LogP) is 1.81. The van der Waals surface area contributed by atoms with Crippen LogP contribution in [0.15, 0.2) is 18.2 Å². The van der Waals surface area contributed by atoms with Crippen LogP contribution in [0.4, 0.5) is 5.69 Å². The van der Waals surface area contributed by atoms with Crippen molar-refractivity contribution in [1.29, 1.82) is 0 Å². The van der Waals surface area contributed by atoms with Gasteiger partial charge in [0.15, 0.2) is 0 Å². The number of hydrogen-bond donors (Lipinski definition) is 2. The summed E-state index contributed by atoms with van der Waals surface area (Å²) in [6.45, 7) is 4.99. The van der Waals surface area contributed by atoms with E-state index in [0.717, 1.165) is 18.4 Å². The van der Waals surface area contributed by atoms with E-state index in [1.807, 2.05) is 13.0 Å². The van der Waals surface area contributed by atoms with Crippen molar-refractivity contribution < 1.29 is 9.90 Å². The standard InChI is InChI=1S/C14H22N2O2/c1-3-4-7-16(8-9-17)14(18)13-10-12(15)6-5-11(13)2/h5-6,10,17H,3-4,7-9,15H2,1-2H3. The average molecular weight is 250 g/mol. The first kappa shape index (κ1) is 14.5. The first-order valence-corrected chi connectivity index (χ1v) is 6.36. The Morgan fingerprint density at radius 2 is 2.11 bits per heavy atom. The molecule has 0 aromatic heterocycles. The Labute approximate surface area is 108 Å². The average Bonchev–Trinajstić information content (AvgIpc) is 2.36. The lowest BCUT2D eigenvalue weighted by Gasteiger charge is -2.22. The number of nitrogen functional groups attached to an aromatic ring is 1. The minimum Gasteiger partial charge on any atom is -0.399 e. The second kappa shape index (κ2) is 7.01. The minimum absolute atomic E-state index is 0.0170. The number of carbonyl (C=O) groups is 1. The van der Waals surface area contributed by atoms with Crippen LogP contribution in [0.25, 0.3) is 0 Å². The van der Waals surface area contributed by atoms with Crippen molar-refractivity contribution in [2.45, 2.75) is 26.7 Å². The molecule has 4 nitrogen and oxygen atoms in total. The Morgan fingerprint density at radius 3 is 2.72 bits per heavy atom. The molecule has 100 valence electrons. The fourth-order valence-electron chi connectivity index (χ4n) is 1.82. The molecule has 0 aliphatic heterocycles. The van der Waals surface area contributed by atoms with Gasteiger partial charge in [-0.25, -0.2) is 0 Å². The highest BCUT2D eigenvalue weighted by atomic mass is 16.3. The third kappa shape index (κ3) is 3.74. The maximum atomic E-state index is 12.4. The van der Waals surface area contributed by atoms with Crippen LogP contribution in [-0.4, -0.2) is 35.6 Å². The Kier molecular flexibility index (Phi) is 5.65. The second-order valence-corrected chi connectivity index (χ2v) is 4.44. The van der Waals surface area contributed by atoms with E-state index in [2.05, 4.69) is 6.92 Å². The van der Waals surface area contributed by atoms with Crippen molar-refractivity contribution in [3.63, 3.8) is 0 Å². The molecule has 0 spiro atoms. The largest absolute Gasteiger partial charge is 0.399 e. The number of rotatable bonds is 6. The van der Waals surface area contributed by atoms with Gasteiger partial charge in [-0.1, -0.05) is 19.4 Å². The highest BCUT2D eigenvalue weighted by molar-refractivity contribution is 5.96. The van der Waals surface area contributed by atoms with Gasteiger partial charge in [0.2, 0.25) is 0 Å². The van der Waals surface area contributed by atoms with Gasteiger partial charge in [-0.05, 0) is 31.0 Å². The lowest BCUT2D eigenvalue weighted by molar-refractivity contribution is 0.0718. The number of aliphatic hydroxyl groups excluding tert-OH is 1. The molecule has 0 saturated heterocycles. The summed E-state index contributed by atoms with van der Waals surface area (Å²) in [4.78, 5) is 14.1. The first-order chi connectivity index (χ1) is 8.60. The third-order valence-corrected chi connectivity index (χ3v) is 2.93. The molecular formula is C14H22N2O2. The molecule has 0 atom stereocenters. The lowest BCUT2D eigenvalue weighted by Crippen LogP contribution is -2.34. The molecule has 18 heavy (non-hydrogen) atoms. The number of nitrogens with zero attached hydrogens (tertiary/aromatic N) is 1. The Morgan fingerprint density at radius 1 is 1.39 bits per heavy atom. The summed E-state index contributed by atoms with van der Waals surface area (Å²) in [5.74, 6) is -0.0534. The van der Waals surface area contributed by atoms with Gasteiger partial charge in [0.1, 0.15) is 0 Å². The van der Waals surface area contributed by atoms with E-state index in [1.165, 1.54) is 0 Å². The maximum Gasteiger partial charge on any atom is 0.254 e. The lowest BCUT2D eigenvalue weighted by atomic mass is 10.1. The number of benzene rings is 1. The summed E-state index contributed by atoms with van der Waals surface area (Å²) in [5.41, 5.74) is 7.84. The molecule has 3 N–H and O–H groups in total. The SMILES string of the molecule is CCCCN(CCO)C(=O)c1cc(N)ccc1C. The van der Waals surface area contributed by atoms with E-state index in [-0.39, 0.29) is 12.5 Å². The van der Waals surface area contributed by atoms with Gasteiger partial charge in [-0.15, -0.1) is 0 Å². The number of carbonyl (C=O) groups excluding carboxylic acids is 1. The zero-order valence-electron chi connectivity index (χ0n) is 11.1. The fraction of sp³-hybridized carbons (Fsp3) is 0.500. The van der Waals surface area contributed by atoms with Crippen LogP contribution in [0.1, 0.15) is 35.7 Å². The van der Waals surface area contributed by atoms with Crippen LogP contribution in [-0.2, 0) is 0 Å². The first-order valence-electron chi connectivity index (χ1n) is 6.36. The molecule has 0 aliphatic rings. The predicted molar refractivity (Wildman–Crippen MR) is 73.5 cm³/mol. The smallest absolute Gasteiger partial charge is 0.254 e. The molecule has 1 aromatic carbocycles. The van der Waals surface area contributed by atoms with E-state index in [1.54, 1.807) is 17.0 Å². The summed E-state index contributed by atoms with van der Waals surface area (Å²) in [6.07, 6.45) is 1.96. The van der Waals surface area contributed by atoms with Crippen LogP contribution in [0, 0.1) is 6.92 Å². The van der Waals surface area contributed by atoms with Crippen molar-refractivity contribution in [3.8, 4) is 0 Å². The number of nitrogens with two attached hydrogens (primary N) is 1. The van der Waals surface area contributed by atoms with E-state index >= 15 is 0 Å². The van der Waals surface area contributed by atoms with Crippen molar-refractivity contribution in [1.82, 2.24) is 4.90 Å². The maximum absolute atomic E-state index is 12.4. The van der Waals surface area contributed by atoms with Gasteiger partial charge >= 0.3 is 0 Å². The Bertz CT molecular complexity index is 405. The van der Waals surface area contributed by atoms with Crippen LogP contribution in [0.5, 0.6) is 0 Å². The topological polar surface area (TPSA) is 66.6 Å². The number of aliphatic hydroxyl groups is 1. The van der Waals surface area contributed by atoms with Gasteiger partial charge < -0.3 is 15.7 Å². The molecule has 0 aliphatic carbocycles. The van der Waals surface area contributed by atoms with Crippen molar-refractivity contribution in [2.75, 3.05) is 25.4 Å².